The average molecular weight is 412 g/mol. The molecule has 5 nitrogen and oxygen atoms in total. The van der Waals surface area contributed by atoms with Crippen molar-refractivity contribution < 1.29 is 9.47 Å². The largest absolute Gasteiger partial charge is 0.493 e. The van der Waals surface area contributed by atoms with Crippen LogP contribution in [0, 0.1) is 6.92 Å². The van der Waals surface area contributed by atoms with Crippen LogP contribution in [-0.4, -0.2) is 27.2 Å². The first-order chi connectivity index (χ1) is 11.6. The number of halogens is 1. The minimum Gasteiger partial charge on any atom is -0.493 e. The Labute approximate surface area is 155 Å². The molecule has 0 spiro atoms. The lowest BCUT2D eigenvalue weighted by atomic mass is 10.2. The Hall–Kier alpha value is -1.73. The standard InChI is InChI=1S/C17H22BrN3O2S/c1-11-5-6-24-15(11)10-21-17(19-2)20-9-12-7-13(18)16(23-4)14(8-12)22-3/h5-8H,9-10H2,1-4H3,(H2,19,20,21). The second-order valence-corrected chi connectivity index (χ2v) is 6.97. The molecule has 1 aromatic heterocycles. The van der Waals surface area contributed by atoms with Gasteiger partial charge in [-0.05, 0) is 57.6 Å². The fourth-order valence-corrected chi connectivity index (χ4v) is 3.73. The van der Waals surface area contributed by atoms with Crippen molar-refractivity contribution in [1.29, 1.82) is 0 Å². The van der Waals surface area contributed by atoms with Gasteiger partial charge in [0.15, 0.2) is 17.5 Å². The van der Waals surface area contributed by atoms with Crippen LogP contribution >= 0.6 is 27.3 Å². The second-order valence-electron chi connectivity index (χ2n) is 5.12. The van der Waals surface area contributed by atoms with E-state index in [1.165, 1.54) is 10.4 Å². The van der Waals surface area contributed by atoms with Crippen LogP contribution in [-0.2, 0) is 13.1 Å². The summed E-state index contributed by atoms with van der Waals surface area (Å²) in [5.41, 5.74) is 2.36. The van der Waals surface area contributed by atoms with Crippen molar-refractivity contribution in [3.05, 3.63) is 44.1 Å². The molecule has 0 atom stereocenters. The van der Waals surface area contributed by atoms with Crippen LogP contribution in [0.2, 0.25) is 0 Å². The summed E-state index contributed by atoms with van der Waals surface area (Å²) >= 11 is 5.26. The van der Waals surface area contributed by atoms with Crippen LogP contribution in [0.3, 0.4) is 0 Å². The summed E-state index contributed by atoms with van der Waals surface area (Å²) in [5.74, 6) is 2.14. The zero-order valence-electron chi connectivity index (χ0n) is 14.3. The number of hydrogen-bond donors (Lipinski definition) is 2. The van der Waals surface area contributed by atoms with E-state index in [0.29, 0.717) is 18.0 Å². The van der Waals surface area contributed by atoms with Gasteiger partial charge in [0.25, 0.3) is 0 Å². The molecule has 0 fully saturated rings. The number of rotatable bonds is 6. The molecule has 7 heteroatoms. The number of nitrogens with one attached hydrogen (secondary N) is 2. The third kappa shape index (κ3) is 4.64. The van der Waals surface area contributed by atoms with Gasteiger partial charge >= 0.3 is 0 Å². The van der Waals surface area contributed by atoms with E-state index in [4.69, 9.17) is 9.47 Å². The molecule has 2 N–H and O–H groups in total. The van der Waals surface area contributed by atoms with E-state index in [-0.39, 0.29) is 0 Å². The average Bonchev–Trinajstić information content (AvgIpc) is 2.99. The Kier molecular flexibility index (Phi) is 6.93. The smallest absolute Gasteiger partial charge is 0.191 e. The normalized spacial score (nSPS) is 11.3. The molecule has 1 heterocycles. The van der Waals surface area contributed by atoms with Crippen LogP contribution < -0.4 is 20.1 Å². The quantitative estimate of drug-likeness (QED) is 0.561. The monoisotopic (exact) mass is 411 g/mol. The molecule has 0 aliphatic heterocycles. The SMILES string of the molecule is CN=C(NCc1cc(Br)c(OC)c(OC)c1)NCc1sccc1C. The first kappa shape index (κ1) is 18.6. The highest BCUT2D eigenvalue weighted by atomic mass is 79.9. The fraction of sp³-hybridized carbons (Fsp3) is 0.353. The molecule has 1 aromatic carbocycles. The van der Waals surface area contributed by atoms with Crippen molar-refractivity contribution in [2.24, 2.45) is 4.99 Å². The van der Waals surface area contributed by atoms with Crippen molar-refractivity contribution in [3.8, 4) is 11.5 Å². The zero-order valence-corrected chi connectivity index (χ0v) is 16.7. The molecule has 130 valence electrons. The molecule has 0 aliphatic rings. The van der Waals surface area contributed by atoms with Crippen molar-refractivity contribution in [2.75, 3.05) is 21.3 Å². The predicted octanol–water partition coefficient (Wildman–Crippen LogP) is 3.70. The van der Waals surface area contributed by atoms with Gasteiger partial charge in [0, 0.05) is 18.5 Å². The van der Waals surface area contributed by atoms with E-state index in [2.05, 4.69) is 49.9 Å². The Morgan fingerprint density at radius 2 is 1.96 bits per heavy atom. The lowest BCUT2D eigenvalue weighted by Gasteiger charge is -2.14. The zero-order chi connectivity index (χ0) is 17.5. The van der Waals surface area contributed by atoms with Crippen molar-refractivity contribution in [1.82, 2.24) is 10.6 Å². The second kappa shape index (κ2) is 8.94. The van der Waals surface area contributed by atoms with Gasteiger partial charge in [0.05, 0.1) is 25.2 Å². The minimum absolute atomic E-state index is 0.627. The van der Waals surface area contributed by atoms with Gasteiger partial charge in [0.1, 0.15) is 0 Å². The maximum atomic E-state index is 5.37. The van der Waals surface area contributed by atoms with Gasteiger partial charge in [-0.1, -0.05) is 0 Å². The summed E-state index contributed by atoms with van der Waals surface area (Å²) in [7, 11) is 5.02. The maximum absolute atomic E-state index is 5.37. The maximum Gasteiger partial charge on any atom is 0.191 e. The highest BCUT2D eigenvalue weighted by Crippen LogP contribution is 2.36. The van der Waals surface area contributed by atoms with Crippen LogP contribution in [0.15, 0.2) is 33.0 Å². The van der Waals surface area contributed by atoms with Crippen molar-refractivity contribution >= 4 is 33.2 Å². The Balaban J connectivity index is 1.98. The molecule has 0 amide bonds. The van der Waals surface area contributed by atoms with E-state index < -0.39 is 0 Å². The Morgan fingerprint density at radius 1 is 1.21 bits per heavy atom. The molecule has 0 radical (unpaired) electrons. The molecule has 0 aliphatic carbocycles. The predicted molar refractivity (Wildman–Crippen MR) is 103 cm³/mol. The summed E-state index contributed by atoms with van der Waals surface area (Å²) < 4.78 is 11.6. The molecule has 0 saturated carbocycles. The first-order valence-corrected chi connectivity index (χ1v) is 9.14. The number of aliphatic imine (C=N–C) groups is 1. The highest BCUT2D eigenvalue weighted by Gasteiger charge is 2.11. The summed E-state index contributed by atoms with van der Waals surface area (Å²) in [6.45, 7) is 3.51. The van der Waals surface area contributed by atoms with E-state index in [0.717, 1.165) is 22.5 Å². The Morgan fingerprint density at radius 3 is 2.54 bits per heavy atom. The van der Waals surface area contributed by atoms with Gasteiger partial charge in [-0.25, -0.2) is 0 Å². The number of nitrogens with zero attached hydrogens (tertiary/aromatic N) is 1. The number of benzene rings is 1. The van der Waals surface area contributed by atoms with Gasteiger partial charge < -0.3 is 20.1 Å². The number of ether oxygens (including phenoxy) is 2. The number of guanidine groups is 1. The fourth-order valence-electron chi connectivity index (χ4n) is 2.23. The van der Waals surface area contributed by atoms with Crippen LogP contribution in [0.25, 0.3) is 0 Å². The number of methoxy groups -OCH3 is 2. The number of thiophene rings is 1. The third-order valence-electron chi connectivity index (χ3n) is 3.56. The molecular formula is C17H22BrN3O2S. The van der Waals surface area contributed by atoms with Crippen molar-refractivity contribution in [2.45, 2.75) is 20.0 Å². The van der Waals surface area contributed by atoms with Gasteiger partial charge in [-0.3, -0.25) is 4.99 Å². The van der Waals surface area contributed by atoms with Crippen LogP contribution in [0.4, 0.5) is 0 Å². The Bertz CT molecular complexity index is 716. The first-order valence-electron chi connectivity index (χ1n) is 7.47. The topological polar surface area (TPSA) is 54.9 Å². The summed E-state index contributed by atoms with van der Waals surface area (Å²) in [4.78, 5) is 5.57. The summed E-state index contributed by atoms with van der Waals surface area (Å²) in [6, 6.07) is 6.08. The minimum atomic E-state index is 0.627. The highest BCUT2D eigenvalue weighted by molar-refractivity contribution is 9.10. The summed E-state index contributed by atoms with van der Waals surface area (Å²) in [6.07, 6.45) is 0. The van der Waals surface area contributed by atoms with Crippen molar-refractivity contribution in [3.63, 3.8) is 0 Å². The number of aryl methyl sites for hydroxylation is 1. The van der Waals surface area contributed by atoms with Gasteiger partial charge in [0.2, 0.25) is 0 Å². The van der Waals surface area contributed by atoms with E-state index in [1.807, 2.05) is 12.1 Å². The van der Waals surface area contributed by atoms with Gasteiger partial charge in [-0.15, -0.1) is 11.3 Å². The molecule has 0 bridgehead atoms. The molecule has 0 saturated heterocycles. The van der Waals surface area contributed by atoms with E-state index in [1.54, 1.807) is 32.6 Å². The summed E-state index contributed by atoms with van der Waals surface area (Å²) in [5, 5.41) is 8.74. The molecular weight excluding hydrogens is 390 g/mol. The molecule has 24 heavy (non-hydrogen) atoms. The molecule has 2 aromatic rings. The lowest BCUT2D eigenvalue weighted by Crippen LogP contribution is -2.36. The van der Waals surface area contributed by atoms with E-state index in [9.17, 15) is 0 Å². The van der Waals surface area contributed by atoms with Crippen LogP contribution in [0.5, 0.6) is 11.5 Å². The number of hydrogen-bond acceptors (Lipinski definition) is 4. The molecule has 2 rings (SSSR count). The third-order valence-corrected chi connectivity index (χ3v) is 5.17. The van der Waals surface area contributed by atoms with Crippen LogP contribution in [0.1, 0.15) is 16.0 Å². The van der Waals surface area contributed by atoms with Gasteiger partial charge in [-0.2, -0.15) is 0 Å². The lowest BCUT2D eigenvalue weighted by molar-refractivity contribution is 0.352. The van der Waals surface area contributed by atoms with E-state index >= 15 is 0 Å². The molecule has 0 unspecified atom stereocenters.